The quantitative estimate of drug-likeness (QED) is 0.730. The number of hydrogen-bond donors (Lipinski definition) is 1. The molecule has 4 rings (SSSR count). The molecule has 1 fully saturated rings. The van der Waals surface area contributed by atoms with Crippen molar-refractivity contribution in [2.75, 3.05) is 34.2 Å². The lowest BCUT2D eigenvalue weighted by molar-refractivity contribution is -0.137. The average Bonchev–Trinajstić information content (AvgIpc) is 3.34. The van der Waals surface area contributed by atoms with Crippen molar-refractivity contribution >= 4 is 29.2 Å². The van der Waals surface area contributed by atoms with E-state index in [0.29, 0.717) is 18.7 Å². The molecule has 3 amide bonds. The summed E-state index contributed by atoms with van der Waals surface area (Å²) in [6.07, 6.45) is 1.47. The van der Waals surface area contributed by atoms with Crippen molar-refractivity contribution in [1.82, 2.24) is 14.7 Å². The molecule has 2 atom stereocenters. The summed E-state index contributed by atoms with van der Waals surface area (Å²) in [4.78, 5) is 36.7. The number of piperidine rings is 1. The number of benzene rings is 1. The number of hydrogen-bond acceptors (Lipinski definition) is 6. The monoisotopic (exact) mass is 478 g/mol. The summed E-state index contributed by atoms with van der Waals surface area (Å²) in [5, 5.41) is 11.3. The molecular formula is C25H30N6O2S. The molecule has 2 aliphatic heterocycles. The van der Waals surface area contributed by atoms with Crippen molar-refractivity contribution in [1.29, 1.82) is 5.26 Å². The smallest absolute Gasteiger partial charge is 0.319 e. The van der Waals surface area contributed by atoms with Gasteiger partial charge in [-0.2, -0.15) is 5.26 Å². The zero-order valence-electron chi connectivity index (χ0n) is 20.0. The third kappa shape index (κ3) is 4.14. The van der Waals surface area contributed by atoms with Gasteiger partial charge in [-0.1, -0.05) is 12.1 Å². The van der Waals surface area contributed by atoms with Gasteiger partial charge < -0.3 is 15.5 Å². The molecule has 2 N–H and O–H groups in total. The number of carbonyl (C=O) groups is 2. The Morgan fingerprint density at radius 2 is 1.97 bits per heavy atom. The third-order valence-electron chi connectivity index (χ3n) is 6.98. The summed E-state index contributed by atoms with van der Waals surface area (Å²) < 4.78 is 0. The Morgan fingerprint density at radius 1 is 1.26 bits per heavy atom. The Bertz CT molecular complexity index is 1170. The first kappa shape index (κ1) is 23.8. The summed E-state index contributed by atoms with van der Waals surface area (Å²) in [7, 11) is 5.18. The van der Waals surface area contributed by atoms with Crippen LogP contribution in [0.3, 0.4) is 0 Å². The van der Waals surface area contributed by atoms with Crippen LogP contribution in [0.15, 0.2) is 40.7 Å². The topological polar surface area (TPSA) is 106 Å². The number of amides is 3. The van der Waals surface area contributed by atoms with Crippen LogP contribution < -0.4 is 5.73 Å². The largest absolute Gasteiger partial charge is 0.369 e. The molecule has 34 heavy (non-hydrogen) atoms. The minimum atomic E-state index is -0.804. The predicted molar refractivity (Wildman–Crippen MR) is 133 cm³/mol. The SMILES string of the molecule is CN(C)C(=O)N1CCC(C2C(=O)N(C)C(N)=N[C@]2(C)c2cc(-c3cccc(C#N)c3)cs2)CC1. The van der Waals surface area contributed by atoms with Gasteiger partial charge in [0.05, 0.1) is 17.6 Å². The molecule has 2 aliphatic rings. The first-order valence-electron chi connectivity index (χ1n) is 11.3. The Hall–Kier alpha value is -3.38. The molecular weight excluding hydrogens is 448 g/mol. The van der Waals surface area contributed by atoms with E-state index in [-0.39, 0.29) is 29.7 Å². The number of nitrogens with zero attached hydrogens (tertiary/aromatic N) is 5. The number of thiophene rings is 1. The number of urea groups is 1. The molecule has 3 heterocycles. The fourth-order valence-corrected chi connectivity index (χ4v) is 6.11. The van der Waals surface area contributed by atoms with Gasteiger partial charge in [-0.15, -0.1) is 11.3 Å². The maximum Gasteiger partial charge on any atom is 0.319 e. The summed E-state index contributed by atoms with van der Waals surface area (Å²) >= 11 is 1.56. The van der Waals surface area contributed by atoms with Crippen LogP contribution in [0.5, 0.6) is 0 Å². The molecule has 1 saturated heterocycles. The fraction of sp³-hybridized carbons (Fsp3) is 0.440. The van der Waals surface area contributed by atoms with Crippen LogP contribution in [0, 0.1) is 23.2 Å². The molecule has 0 saturated carbocycles. The van der Waals surface area contributed by atoms with Crippen molar-refractivity contribution in [3.05, 3.63) is 46.2 Å². The molecule has 1 aromatic carbocycles. The zero-order valence-corrected chi connectivity index (χ0v) is 20.8. The Balaban J connectivity index is 1.67. The van der Waals surface area contributed by atoms with Crippen LogP contribution in [-0.4, -0.2) is 66.8 Å². The van der Waals surface area contributed by atoms with Crippen LogP contribution >= 0.6 is 11.3 Å². The predicted octanol–water partition coefficient (Wildman–Crippen LogP) is 3.30. The molecule has 1 aromatic heterocycles. The molecule has 2 aromatic rings. The highest BCUT2D eigenvalue weighted by Gasteiger charge is 2.51. The number of rotatable bonds is 3. The molecule has 178 valence electrons. The molecule has 1 unspecified atom stereocenters. The second kappa shape index (κ2) is 9.11. The molecule has 0 radical (unpaired) electrons. The molecule has 0 bridgehead atoms. The number of carbonyl (C=O) groups excluding carboxylic acids is 2. The van der Waals surface area contributed by atoms with Gasteiger partial charge in [-0.25, -0.2) is 9.79 Å². The second-order valence-electron chi connectivity index (χ2n) is 9.39. The molecule has 0 aliphatic carbocycles. The van der Waals surface area contributed by atoms with E-state index in [1.54, 1.807) is 43.4 Å². The lowest BCUT2D eigenvalue weighted by atomic mass is 9.70. The Morgan fingerprint density at radius 3 is 2.62 bits per heavy atom. The van der Waals surface area contributed by atoms with Crippen molar-refractivity contribution < 1.29 is 9.59 Å². The third-order valence-corrected chi connectivity index (χ3v) is 8.14. The first-order chi connectivity index (χ1) is 16.2. The number of likely N-dealkylation sites (tertiary alicyclic amines) is 1. The van der Waals surface area contributed by atoms with Crippen LogP contribution in [-0.2, 0) is 10.3 Å². The van der Waals surface area contributed by atoms with Gasteiger partial charge in [0.15, 0.2) is 5.96 Å². The van der Waals surface area contributed by atoms with E-state index in [1.165, 1.54) is 4.90 Å². The standard InChI is InChI=1S/C25H30N6O2S/c1-25(20-13-19(15-34-20)18-7-5-6-16(12-18)14-26)21(22(32)30(4)23(27)28-25)17-8-10-31(11-9-17)24(33)29(2)3/h5-7,12-13,15,17,21H,8-11H2,1-4H3,(H2,27,28)/t21?,25-/m1/s1. The number of nitrogens with two attached hydrogens (primary N) is 1. The summed E-state index contributed by atoms with van der Waals surface area (Å²) in [5.41, 5.74) is 7.93. The van der Waals surface area contributed by atoms with E-state index in [4.69, 9.17) is 10.7 Å². The molecule has 9 heteroatoms. The van der Waals surface area contributed by atoms with Crippen LogP contribution in [0.1, 0.15) is 30.2 Å². The summed E-state index contributed by atoms with van der Waals surface area (Å²) in [6.45, 7) is 3.22. The fourth-order valence-electron chi connectivity index (χ4n) is 5.04. The van der Waals surface area contributed by atoms with E-state index >= 15 is 0 Å². The summed E-state index contributed by atoms with van der Waals surface area (Å²) in [6, 6.07) is 11.7. The van der Waals surface area contributed by atoms with Crippen molar-refractivity contribution in [2.24, 2.45) is 22.6 Å². The van der Waals surface area contributed by atoms with Crippen molar-refractivity contribution in [2.45, 2.75) is 25.3 Å². The minimum Gasteiger partial charge on any atom is -0.369 e. The van der Waals surface area contributed by atoms with Gasteiger partial charge in [0.2, 0.25) is 5.91 Å². The van der Waals surface area contributed by atoms with Gasteiger partial charge in [0, 0.05) is 39.1 Å². The van der Waals surface area contributed by atoms with Crippen molar-refractivity contribution in [3.63, 3.8) is 0 Å². The highest BCUT2D eigenvalue weighted by Crippen LogP contribution is 2.47. The normalized spacial score (nSPS) is 23.4. The average molecular weight is 479 g/mol. The van der Waals surface area contributed by atoms with Gasteiger partial charge in [-0.3, -0.25) is 9.69 Å². The lowest BCUT2D eigenvalue weighted by Crippen LogP contribution is -2.57. The highest BCUT2D eigenvalue weighted by atomic mass is 32.1. The Labute approximate surface area is 204 Å². The van der Waals surface area contributed by atoms with E-state index in [0.717, 1.165) is 28.8 Å². The van der Waals surface area contributed by atoms with Gasteiger partial charge >= 0.3 is 6.03 Å². The first-order valence-corrected chi connectivity index (χ1v) is 12.2. The van der Waals surface area contributed by atoms with E-state index in [2.05, 4.69) is 12.1 Å². The second-order valence-corrected chi connectivity index (χ2v) is 10.3. The van der Waals surface area contributed by atoms with E-state index in [9.17, 15) is 14.9 Å². The molecule has 0 spiro atoms. The van der Waals surface area contributed by atoms with Crippen molar-refractivity contribution in [3.8, 4) is 17.2 Å². The maximum absolute atomic E-state index is 13.6. The number of nitriles is 1. The highest BCUT2D eigenvalue weighted by molar-refractivity contribution is 7.10. The van der Waals surface area contributed by atoms with Crippen LogP contribution in [0.25, 0.3) is 11.1 Å². The van der Waals surface area contributed by atoms with Crippen LogP contribution in [0.4, 0.5) is 4.79 Å². The van der Waals surface area contributed by atoms with Gasteiger partial charge in [0.25, 0.3) is 0 Å². The summed E-state index contributed by atoms with van der Waals surface area (Å²) in [5.74, 6) is -0.118. The van der Waals surface area contributed by atoms with E-state index in [1.807, 2.05) is 35.4 Å². The van der Waals surface area contributed by atoms with Gasteiger partial charge in [-0.05, 0) is 60.4 Å². The zero-order chi connectivity index (χ0) is 24.6. The van der Waals surface area contributed by atoms with Crippen LogP contribution in [0.2, 0.25) is 0 Å². The van der Waals surface area contributed by atoms with E-state index < -0.39 is 5.54 Å². The number of aliphatic imine (C=N–C) groups is 1. The minimum absolute atomic E-state index is 0.00179. The molecule has 8 nitrogen and oxygen atoms in total. The Kier molecular flexibility index (Phi) is 6.36. The maximum atomic E-state index is 13.6. The lowest BCUT2D eigenvalue weighted by Gasteiger charge is -2.45. The van der Waals surface area contributed by atoms with Gasteiger partial charge in [0.1, 0.15) is 5.54 Å². The number of guanidine groups is 1.